The summed E-state index contributed by atoms with van der Waals surface area (Å²) in [5.41, 5.74) is 3.35. The average molecular weight is 264 g/mol. The van der Waals surface area contributed by atoms with Crippen LogP contribution < -0.4 is 0 Å². The maximum absolute atomic E-state index is 4.16. The average Bonchev–Trinajstić information content (AvgIpc) is 2.71. The molecule has 0 saturated carbocycles. The van der Waals surface area contributed by atoms with E-state index < -0.39 is 0 Å². The van der Waals surface area contributed by atoms with Crippen molar-refractivity contribution in [3.05, 3.63) is 23.8 Å². The van der Waals surface area contributed by atoms with Crippen LogP contribution in [0.5, 0.6) is 0 Å². The smallest absolute Gasteiger partial charge is 0.113 e. The van der Waals surface area contributed by atoms with Crippen molar-refractivity contribution in [1.29, 1.82) is 0 Å². The minimum absolute atomic E-state index is 0.581. The van der Waals surface area contributed by atoms with Crippen molar-refractivity contribution in [3.8, 4) is 0 Å². The van der Waals surface area contributed by atoms with E-state index in [1.54, 1.807) is 4.68 Å². The number of hydrogen-bond donors (Lipinski definition) is 0. The van der Waals surface area contributed by atoms with E-state index in [9.17, 15) is 0 Å². The van der Waals surface area contributed by atoms with E-state index >= 15 is 0 Å². The minimum atomic E-state index is 0.581. The Morgan fingerprint density at radius 3 is 2.94 bits per heavy atom. The summed E-state index contributed by atoms with van der Waals surface area (Å²) >= 11 is 1.89. The third-order valence-corrected chi connectivity index (χ3v) is 4.08. The summed E-state index contributed by atoms with van der Waals surface area (Å²) in [5.74, 6) is 1.16. The molecule has 1 aromatic carbocycles. The maximum Gasteiger partial charge on any atom is 0.113 e. The van der Waals surface area contributed by atoms with Gasteiger partial charge in [0.1, 0.15) is 5.52 Å². The first-order valence-corrected chi connectivity index (χ1v) is 7.48. The van der Waals surface area contributed by atoms with Crippen molar-refractivity contribution in [2.24, 2.45) is 7.05 Å². The van der Waals surface area contributed by atoms with Crippen LogP contribution >= 0.6 is 11.8 Å². The Kier molecular flexibility index (Phi) is 4.24. The molecule has 0 aliphatic carbocycles. The van der Waals surface area contributed by atoms with Gasteiger partial charge in [0.15, 0.2) is 0 Å². The van der Waals surface area contributed by atoms with Crippen molar-refractivity contribution in [2.75, 3.05) is 19.1 Å². The van der Waals surface area contributed by atoms with E-state index in [1.807, 2.05) is 18.8 Å². The first-order valence-electron chi connectivity index (χ1n) is 6.09. The first-order chi connectivity index (χ1) is 8.61. The Hall–Kier alpha value is -1.07. The molecule has 1 atom stereocenters. The lowest BCUT2D eigenvalue weighted by molar-refractivity contribution is 0.270. The highest BCUT2D eigenvalue weighted by atomic mass is 32.2. The van der Waals surface area contributed by atoms with Crippen LogP contribution in [0, 0.1) is 0 Å². The van der Waals surface area contributed by atoms with Crippen LogP contribution in [0.2, 0.25) is 0 Å². The van der Waals surface area contributed by atoms with Gasteiger partial charge >= 0.3 is 0 Å². The van der Waals surface area contributed by atoms with Gasteiger partial charge in [-0.25, -0.2) is 4.68 Å². The second kappa shape index (κ2) is 5.71. The molecule has 0 aliphatic heterocycles. The summed E-state index contributed by atoms with van der Waals surface area (Å²) in [5, 5.41) is 8.19. The largest absolute Gasteiger partial charge is 0.299 e. The molecule has 5 heteroatoms. The number of nitrogens with zero attached hydrogens (tertiary/aromatic N) is 4. The Balaban J connectivity index is 2.12. The van der Waals surface area contributed by atoms with Crippen LogP contribution in [0.25, 0.3) is 11.0 Å². The van der Waals surface area contributed by atoms with Crippen LogP contribution in [0.1, 0.15) is 12.5 Å². The third-order valence-electron chi connectivity index (χ3n) is 3.27. The van der Waals surface area contributed by atoms with Gasteiger partial charge in [0.05, 0.1) is 5.52 Å². The molecule has 0 amide bonds. The lowest BCUT2D eigenvalue weighted by atomic mass is 10.1. The monoisotopic (exact) mass is 264 g/mol. The van der Waals surface area contributed by atoms with Gasteiger partial charge in [0.25, 0.3) is 0 Å². The number of benzene rings is 1. The molecule has 2 rings (SSSR count). The number of aromatic nitrogens is 3. The molecule has 4 nitrogen and oxygen atoms in total. The van der Waals surface area contributed by atoms with Crippen molar-refractivity contribution in [3.63, 3.8) is 0 Å². The fraction of sp³-hybridized carbons (Fsp3) is 0.538. The SMILES string of the molecule is CSC[C@@H](C)N(C)Cc1ccc2c(c1)nnn2C. The molecule has 0 unspecified atom stereocenters. The molecule has 1 aromatic heterocycles. The summed E-state index contributed by atoms with van der Waals surface area (Å²) < 4.78 is 1.80. The molecule has 0 fully saturated rings. The number of thioether (sulfide) groups is 1. The van der Waals surface area contributed by atoms with Gasteiger partial charge in [-0.3, -0.25) is 4.90 Å². The van der Waals surface area contributed by atoms with Crippen LogP contribution in [0.15, 0.2) is 18.2 Å². The molecule has 0 N–H and O–H groups in total. The molecule has 0 bridgehead atoms. The number of hydrogen-bond acceptors (Lipinski definition) is 4. The number of aryl methyl sites for hydroxylation is 1. The zero-order valence-corrected chi connectivity index (χ0v) is 12.2. The van der Waals surface area contributed by atoms with Crippen molar-refractivity contribution < 1.29 is 0 Å². The molecule has 0 saturated heterocycles. The molecule has 2 aromatic rings. The van der Waals surface area contributed by atoms with Crippen LogP contribution in [-0.4, -0.2) is 45.0 Å². The Morgan fingerprint density at radius 1 is 1.44 bits per heavy atom. The van der Waals surface area contributed by atoms with E-state index in [2.05, 4.69) is 53.6 Å². The van der Waals surface area contributed by atoms with Gasteiger partial charge in [-0.2, -0.15) is 11.8 Å². The van der Waals surface area contributed by atoms with Gasteiger partial charge in [-0.15, -0.1) is 5.10 Å². The van der Waals surface area contributed by atoms with E-state index in [4.69, 9.17) is 0 Å². The van der Waals surface area contributed by atoms with Gasteiger partial charge < -0.3 is 0 Å². The predicted molar refractivity (Wildman–Crippen MR) is 77.8 cm³/mol. The molecule has 0 aliphatic rings. The highest BCUT2D eigenvalue weighted by molar-refractivity contribution is 7.98. The Morgan fingerprint density at radius 2 is 2.22 bits per heavy atom. The summed E-state index contributed by atoms with van der Waals surface area (Å²) in [6.45, 7) is 3.21. The summed E-state index contributed by atoms with van der Waals surface area (Å²) in [6, 6.07) is 6.97. The highest BCUT2D eigenvalue weighted by Crippen LogP contribution is 2.15. The highest BCUT2D eigenvalue weighted by Gasteiger charge is 2.10. The quantitative estimate of drug-likeness (QED) is 0.828. The summed E-state index contributed by atoms with van der Waals surface area (Å²) in [7, 11) is 4.09. The summed E-state index contributed by atoms with van der Waals surface area (Å²) in [6.07, 6.45) is 2.15. The fourth-order valence-electron chi connectivity index (χ4n) is 2.00. The van der Waals surface area contributed by atoms with E-state index in [1.165, 1.54) is 5.56 Å². The van der Waals surface area contributed by atoms with Crippen molar-refractivity contribution >= 4 is 22.8 Å². The van der Waals surface area contributed by atoms with Gasteiger partial charge in [0.2, 0.25) is 0 Å². The second-order valence-electron chi connectivity index (χ2n) is 4.76. The van der Waals surface area contributed by atoms with Gasteiger partial charge in [-0.1, -0.05) is 11.3 Å². The normalized spacial score (nSPS) is 13.4. The molecule has 0 spiro atoms. The van der Waals surface area contributed by atoms with Crippen LogP contribution in [0.4, 0.5) is 0 Å². The number of rotatable bonds is 5. The van der Waals surface area contributed by atoms with Crippen LogP contribution in [0.3, 0.4) is 0 Å². The van der Waals surface area contributed by atoms with E-state index in [-0.39, 0.29) is 0 Å². The van der Waals surface area contributed by atoms with Crippen molar-refractivity contribution in [1.82, 2.24) is 19.9 Å². The second-order valence-corrected chi connectivity index (χ2v) is 5.67. The summed E-state index contributed by atoms with van der Waals surface area (Å²) in [4.78, 5) is 2.37. The van der Waals surface area contributed by atoms with E-state index in [0.29, 0.717) is 6.04 Å². The Bertz CT molecular complexity index is 523. The van der Waals surface area contributed by atoms with Gasteiger partial charge in [-0.05, 0) is 37.9 Å². The minimum Gasteiger partial charge on any atom is -0.299 e. The third kappa shape index (κ3) is 2.84. The predicted octanol–water partition coefficient (Wildman–Crippen LogP) is 2.15. The molecule has 1 heterocycles. The molecular weight excluding hydrogens is 244 g/mol. The molecular formula is C13H20N4S. The maximum atomic E-state index is 4.16. The zero-order chi connectivity index (χ0) is 13.1. The first kappa shape index (κ1) is 13.4. The topological polar surface area (TPSA) is 34.0 Å². The fourth-order valence-corrected chi connectivity index (χ4v) is 2.73. The van der Waals surface area contributed by atoms with Crippen LogP contribution in [-0.2, 0) is 13.6 Å². The Labute approximate surface area is 112 Å². The standard InChI is InChI=1S/C13H20N4S/c1-10(9-18-4)16(2)8-11-5-6-13-12(7-11)14-15-17(13)3/h5-7,10H,8-9H2,1-4H3/t10-/m1/s1. The lowest BCUT2D eigenvalue weighted by Gasteiger charge is -2.24. The zero-order valence-electron chi connectivity index (χ0n) is 11.4. The molecule has 98 valence electrons. The van der Waals surface area contributed by atoms with Gasteiger partial charge in [0, 0.05) is 25.4 Å². The molecule has 18 heavy (non-hydrogen) atoms. The molecule has 0 radical (unpaired) electrons. The van der Waals surface area contributed by atoms with Crippen molar-refractivity contribution in [2.45, 2.75) is 19.5 Å². The lowest BCUT2D eigenvalue weighted by Crippen LogP contribution is -2.30. The van der Waals surface area contributed by atoms with E-state index in [0.717, 1.165) is 23.3 Å². The number of fused-ring (bicyclic) bond motifs is 1.